The van der Waals surface area contributed by atoms with E-state index in [-0.39, 0.29) is 11.6 Å². The quantitative estimate of drug-likeness (QED) is 0.596. The van der Waals surface area contributed by atoms with Crippen molar-refractivity contribution in [3.05, 3.63) is 38.2 Å². The van der Waals surface area contributed by atoms with Gasteiger partial charge in [-0.2, -0.15) is 4.39 Å². The topological polar surface area (TPSA) is 127 Å². The van der Waals surface area contributed by atoms with Crippen molar-refractivity contribution >= 4 is 23.0 Å². The number of nitrogens with one attached hydrogen (secondary N) is 2. The number of carbonyl (C=O) groups is 1. The fraction of sp³-hybridized carbons (Fsp3) is 0.533. The van der Waals surface area contributed by atoms with Gasteiger partial charge >= 0.3 is 5.69 Å². The van der Waals surface area contributed by atoms with Crippen molar-refractivity contribution in [2.24, 2.45) is 5.92 Å². The Hall–Kier alpha value is -2.78. The smallest absolute Gasteiger partial charge is 0.311 e. The molecule has 0 radical (unpaired) electrons. The van der Waals surface area contributed by atoms with E-state index < -0.39 is 44.5 Å². The molecule has 1 rings (SSSR count). The van der Waals surface area contributed by atoms with Gasteiger partial charge < -0.3 is 10.6 Å². The molecule has 1 aromatic rings. The summed E-state index contributed by atoms with van der Waals surface area (Å²) in [7, 11) is 0. The predicted molar refractivity (Wildman–Crippen MR) is 89.9 cm³/mol. The number of nitro groups is 2. The Bertz CT molecular complexity index is 700. The van der Waals surface area contributed by atoms with Crippen LogP contribution in [-0.4, -0.2) is 27.3 Å². The van der Waals surface area contributed by atoms with E-state index in [2.05, 4.69) is 10.6 Å². The first-order valence-electron chi connectivity index (χ1n) is 7.54. The number of amides is 1. The summed E-state index contributed by atoms with van der Waals surface area (Å²) in [6.45, 7) is 8.75. The Morgan fingerprint density at radius 2 is 1.64 bits per heavy atom. The van der Waals surface area contributed by atoms with Crippen LogP contribution in [0.1, 0.15) is 34.6 Å². The highest BCUT2D eigenvalue weighted by Gasteiger charge is 2.30. The molecule has 0 aliphatic rings. The highest BCUT2D eigenvalue weighted by molar-refractivity contribution is 5.86. The van der Waals surface area contributed by atoms with Crippen LogP contribution in [0, 0.1) is 32.0 Å². The summed E-state index contributed by atoms with van der Waals surface area (Å²) in [6.07, 6.45) is 0. The number of halogens is 1. The standard InChI is InChI=1S/C15H21FN4O5/c1-8(2)13(14(21)18-15(3,4)5)17-10-6-9(16)11(19(22)23)7-12(10)20(24)25/h6-8,13,17H,1-5H3,(H,18,21)/t13-/m0/s1. The van der Waals surface area contributed by atoms with E-state index in [4.69, 9.17) is 0 Å². The SMILES string of the molecule is CC(C)[C@H](Nc1cc(F)c([N+](=O)[O-])cc1[N+](=O)[O-])C(=O)NC(C)(C)C. The summed E-state index contributed by atoms with van der Waals surface area (Å²) >= 11 is 0. The molecular formula is C15H21FN4O5. The third-order valence-corrected chi connectivity index (χ3v) is 3.22. The van der Waals surface area contributed by atoms with Crippen molar-refractivity contribution in [3.63, 3.8) is 0 Å². The zero-order chi connectivity index (χ0) is 19.5. The summed E-state index contributed by atoms with van der Waals surface area (Å²) in [5, 5.41) is 27.3. The van der Waals surface area contributed by atoms with Gasteiger partial charge in [-0.3, -0.25) is 25.0 Å². The molecule has 25 heavy (non-hydrogen) atoms. The van der Waals surface area contributed by atoms with Gasteiger partial charge in [-0.1, -0.05) is 13.8 Å². The molecule has 0 aliphatic heterocycles. The molecule has 0 saturated carbocycles. The van der Waals surface area contributed by atoms with Crippen LogP contribution in [0.15, 0.2) is 12.1 Å². The zero-order valence-electron chi connectivity index (χ0n) is 14.6. The van der Waals surface area contributed by atoms with Gasteiger partial charge in [-0.25, -0.2) is 0 Å². The van der Waals surface area contributed by atoms with E-state index >= 15 is 0 Å². The second-order valence-corrected chi connectivity index (χ2v) is 6.94. The molecule has 1 amide bonds. The third kappa shape index (κ3) is 5.37. The minimum atomic E-state index is -1.23. The van der Waals surface area contributed by atoms with Gasteiger partial charge in [0.15, 0.2) is 0 Å². The molecule has 1 aromatic carbocycles. The van der Waals surface area contributed by atoms with Crippen LogP contribution in [0.3, 0.4) is 0 Å². The molecule has 0 fully saturated rings. The molecular weight excluding hydrogens is 335 g/mol. The lowest BCUT2D eigenvalue weighted by molar-refractivity contribution is -0.395. The molecule has 138 valence electrons. The molecule has 0 bridgehead atoms. The number of nitro benzene ring substituents is 2. The molecule has 0 unspecified atom stereocenters. The van der Waals surface area contributed by atoms with Crippen molar-refractivity contribution < 1.29 is 19.0 Å². The minimum absolute atomic E-state index is 0.278. The Balaban J connectivity index is 3.29. The fourth-order valence-electron chi connectivity index (χ4n) is 2.11. The number of anilines is 1. The van der Waals surface area contributed by atoms with Crippen molar-refractivity contribution in [3.8, 4) is 0 Å². The second-order valence-electron chi connectivity index (χ2n) is 6.94. The number of carbonyl (C=O) groups excluding carboxylic acids is 1. The number of nitrogens with zero attached hydrogens (tertiary/aromatic N) is 2. The Morgan fingerprint density at radius 3 is 2.04 bits per heavy atom. The van der Waals surface area contributed by atoms with Crippen LogP contribution >= 0.6 is 0 Å². The van der Waals surface area contributed by atoms with Crippen molar-refractivity contribution in [1.29, 1.82) is 0 Å². The van der Waals surface area contributed by atoms with Crippen LogP contribution < -0.4 is 10.6 Å². The van der Waals surface area contributed by atoms with E-state index in [0.29, 0.717) is 12.1 Å². The number of hydrogen-bond donors (Lipinski definition) is 2. The van der Waals surface area contributed by atoms with E-state index in [0.717, 1.165) is 0 Å². The zero-order valence-corrected chi connectivity index (χ0v) is 14.6. The Kier molecular flexibility index (Phi) is 6.01. The first kappa shape index (κ1) is 20.3. The van der Waals surface area contributed by atoms with Gasteiger partial charge in [-0.05, 0) is 26.7 Å². The highest BCUT2D eigenvalue weighted by atomic mass is 19.1. The normalized spacial score (nSPS) is 12.6. The minimum Gasteiger partial charge on any atom is -0.368 e. The van der Waals surface area contributed by atoms with Gasteiger partial charge in [0.05, 0.1) is 15.9 Å². The maximum Gasteiger partial charge on any atom is 0.311 e. The number of rotatable bonds is 6. The number of benzene rings is 1. The van der Waals surface area contributed by atoms with Crippen LogP contribution in [0.5, 0.6) is 0 Å². The van der Waals surface area contributed by atoms with Gasteiger partial charge in [0.1, 0.15) is 11.7 Å². The lowest BCUT2D eigenvalue weighted by Gasteiger charge is -2.28. The van der Waals surface area contributed by atoms with Crippen molar-refractivity contribution in [2.45, 2.75) is 46.2 Å². The predicted octanol–water partition coefficient (Wildman–Crippen LogP) is 2.99. The van der Waals surface area contributed by atoms with E-state index in [1.54, 1.807) is 34.6 Å². The molecule has 0 spiro atoms. The average molecular weight is 356 g/mol. The van der Waals surface area contributed by atoms with E-state index in [1.165, 1.54) is 0 Å². The summed E-state index contributed by atoms with van der Waals surface area (Å²) in [5.74, 6) is -1.92. The lowest BCUT2D eigenvalue weighted by atomic mass is 10.0. The summed E-state index contributed by atoms with van der Waals surface area (Å²) in [4.78, 5) is 32.4. The molecule has 9 nitrogen and oxygen atoms in total. The maximum atomic E-state index is 13.9. The summed E-state index contributed by atoms with van der Waals surface area (Å²) in [5.41, 5.74) is -2.51. The van der Waals surface area contributed by atoms with E-state index in [9.17, 15) is 29.4 Å². The lowest BCUT2D eigenvalue weighted by Crippen LogP contribution is -2.50. The first-order valence-corrected chi connectivity index (χ1v) is 7.54. The average Bonchev–Trinajstić information content (AvgIpc) is 2.41. The van der Waals surface area contributed by atoms with Gasteiger partial charge in [0.25, 0.3) is 5.69 Å². The largest absolute Gasteiger partial charge is 0.368 e. The van der Waals surface area contributed by atoms with Crippen molar-refractivity contribution in [2.75, 3.05) is 5.32 Å². The molecule has 0 aromatic heterocycles. The molecule has 0 saturated heterocycles. The van der Waals surface area contributed by atoms with Gasteiger partial charge in [0.2, 0.25) is 11.7 Å². The van der Waals surface area contributed by atoms with Crippen LogP contribution in [0.4, 0.5) is 21.5 Å². The Morgan fingerprint density at radius 1 is 1.12 bits per heavy atom. The fourth-order valence-corrected chi connectivity index (χ4v) is 2.11. The van der Waals surface area contributed by atoms with Gasteiger partial charge in [0, 0.05) is 11.6 Å². The van der Waals surface area contributed by atoms with Crippen LogP contribution in [0.2, 0.25) is 0 Å². The summed E-state index contributed by atoms with van der Waals surface area (Å²) < 4.78 is 13.9. The molecule has 0 heterocycles. The summed E-state index contributed by atoms with van der Waals surface area (Å²) in [6, 6.07) is 0.311. The van der Waals surface area contributed by atoms with E-state index in [1.807, 2.05) is 0 Å². The van der Waals surface area contributed by atoms with Gasteiger partial charge in [-0.15, -0.1) is 0 Å². The monoisotopic (exact) mass is 356 g/mol. The number of hydrogen-bond acceptors (Lipinski definition) is 6. The maximum absolute atomic E-state index is 13.9. The van der Waals surface area contributed by atoms with Crippen LogP contribution in [0.25, 0.3) is 0 Å². The van der Waals surface area contributed by atoms with Crippen molar-refractivity contribution in [1.82, 2.24) is 5.32 Å². The first-order chi connectivity index (χ1) is 11.3. The van der Waals surface area contributed by atoms with Crippen LogP contribution in [-0.2, 0) is 4.79 Å². The third-order valence-electron chi connectivity index (χ3n) is 3.22. The Labute approximate surface area is 143 Å². The molecule has 10 heteroatoms. The molecule has 0 aliphatic carbocycles. The highest BCUT2D eigenvalue weighted by Crippen LogP contribution is 2.32. The molecule has 2 N–H and O–H groups in total. The second kappa shape index (κ2) is 7.41. The molecule has 1 atom stereocenters.